The summed E-state index contributed by atoms with van der Waals surface area (Å²) >= 11 is 1.58. The maximum atomic E-state index is 12.1. The number of amides is 1. The third-order valence-corrected chi connectivity index (χ3v) is 5.12. The number of aliphatic hydroxyl groups is 1. The molecule has 3 N–H and O–H groups in total. The van der Waals surface area contributed by atoms with Crippen LogP contribution < -0.4 is 10.6 Å². The van der Waals surface area contributed by atoms with Gasteiger partial charge in [0.25, 0.3) is 5.91 Å². The molecule has 1 amide bonds. The van der Waals surface area contributed by atoms with Gasteiger partial charge in [-0.2, -0.15) is 0 Å². The standard InChI is InChI=1S/C17H18N4O2S/c22-12-3-1-2-11(8-12)19-17-20-14(16(23)21-17)6-10-4-5-13-15(7-10)24-9-18-13/h4-7,9,11-12,22H,1-3,8H2,(H2,19,20,21,23)/b14-6-/t11-,12-/m0/s1. The van der Waals surface area contributed by atoms with E-state index in [4.69, 9.17) is 0 Å². The van der Waals surface area contributed by atoms with Crippen molar-refractivity contribution in [2.45, 2.75) is 37.8 Å². The molecular formula is C17H18N4O2S. The van der Waals surface area contributed by atoms with E-state index in [1.165, 1.54) is 0 Å². The zero-order valence-corrected chi connectivity index (χ0v) is 13.8. The number of fused-ring (bicyclic) bond motifs is 1. The number of aliphatic imine (C=N–C) groups is 1. The Balaban J connectivity index is 1.52. The first kappa shape index (κ1) is 15.3. The first-order valence-corrected chi connectivity index (χ1v) is 8.94. The molecule has 2 fully saturated rings. The lowest BCUT2D eigenvalue weighted by Crippen LogP contribution is -2.30. The lowest BCUT2D eigenvalue weighted by Gasteiger charge is -2.22. The topological polar surface area (TPSA) is 86.6 Å². The van der Waals surface area contributed by atoms with Crippen LogP contribution in [-0.4, -0.2) is 34.1 Å². The maximum Gasteiger partial charge on any atom is 0.274 e. The van der Waals surface area contributed by atoms with Crippen molar-refractivity contribution >= 4 is 39.5 Å². The molecule has 1 saturated carbocycles. The minimum absolute atomic E-state index is 0.0597. The number of thiazole rings is 1. The van der Waals surface area contributed by atoms with Crippen LogP contribution in [0.25, 0.3) is 16.3 Å². The van der Waals surface area contributed by atoms with Crippen molar-refractivity contribution in [2.75, 3.05) is 0 Å². The number of benzene rings is 1. The third-order valence-electron chi connectivity index (χ3n) is 4.33. The fraction of sp³-hybridized carbons (Fsp3) is 0.353. The highest BCUT2D eigenvalue weighted by Crippen LogP contribution is 2.22. The van der Waals surface area contributed by atoms with Crippen LogP contribution in [-0.2, 0) is 4.79 Å². The monoisotopic (exact) mass is 342 g/mol. The van der Waals surface area contributed by atoms with Gasteiger partial charge in [0.15, 0.2) is 0 Å². The van der Waals surface area contributed by atoms with Crippen LogP contribution in [0, 0.1) is 0 Å². The number of hydrogen-bond donors (Lipinski definition) is 3. The smallest absolute Gasteiger partial charge is 0.274 e. The molecule has 1 aromatic carbocycles. The van der Waals surface area contributed by atoms with Gasteiger partial charge in [-0.3, -0.25) is 10.1 Å². The van der Waals surface area contributed by atoms with Crippen LogP contribution >= 0.6 is 11.3 Å². The fourth-order valence-corrected chi connectivity index (χ4v) is 3.85. The number of hydrogen-bond acceptors (Lipinski definition) is 5. The van der Waals surface area contributed by atoms with Crippen LogP contribution in [0.3, 0.4) is 0 Å². The molecule has 4 rings (SSSR count). The van der Waals surface area contributed by atoms with E-state index in [9.17, 15) is 9.90 Å². The van der Waals surface area contributed by atoms with Crippen LogP contribution in [0.1, 0.15) is 31.2 Å². The van der Waals surface area contributed by atoms with Gasteiger partial charge in [0.2, 0.25) is 5.96 Å². The molecule has 2 aliphatic rings. The molecule has 7 heteroatoms. The molecule has 1 aliphatic heterocycles. The minimum atomic E-state index is -0.286. The van der Waals surface area contributed by atoms with E-state index in [-0.39, 0.29) is 18.1 Å². The Kier molecular flexibility index (Phi) is 4.03. The van der Waals surface area contributed by atoms with E-state index >= 15 is 0 Å². The molecule has 0 spiro atoms. The highest BCUT2D eigenvalue weighted by Gasteiger charge is 2.25. The van der Waals surface area contributed by atoms with Crippen molar-refractivity contribution < 1.29 is 9.90 Å². The normalized spacial score (nSPS) is 27.6. The maximum absolute atomic E-state index is 12.1. The van der Waals surface area contributed by atoms with Gasteiger partial charge in [-0.15, -0.1) is 11.3 Å². The summed E-state index contributed by atoms with van der Waals surface area (Å²) in [7, 11) is 0. The van der Waals surface area contributed by atoms with Crippen molar-refractivity contribution in [2.24, 2.45) is 4.99 Å². The Bertz CT molecular complexity index is 842. The van der Waals surface area contributed by atoms with Gasteiger partial charge in [0.05, 0.1) is 27.9 Å². The summed E-state index contributed by atoms with van der Waals surface area (Å²) in [4.78, 5) is 20.9. The van der Waals surface area contributed by atoms with Gasteiger partial charge in [-0.1, -0.05) is 6.07 Å². The number of carbonyl (C=O) groups excluding carboxylic acids is 1. The van der Waals surface area contributed by atoms with Crippen LogP contribution in [0.15, 0.2) is 34.4 Å². The van der Waals surface area contributed by atoms with Crippen LogP contribution in [0.4, 0.5) is 0 Å². The summed E-state index contributed by atoms with van der Waals surface area (Å²) in [5.74, 6) is 0.290. The number of nitrogens with one attached hydrogen (secondary N) is 2. The molecule has 0 bridgehead atoms. The van der Waals surface area contributed by atoms with Crippen molar-refractivity contribution in [3.8, 4) is 0 Å². The second kappa shape index (κ2) is 6.33. The number of nitrogens with zero attached hydrogens (tertiary/aromatic N) is 2. The van der Waals surface area contributed by atoms with Gasteiger partial charge >= 0.3 is 0 Å². The average Bonchev–Trinajstić information content (AvgIpc) is 3.14. The Morgan fingerprint density at radius 3 is 3.12 bits per heavy atom. The number of aromatic nitrogens is 1. The van der Waals surface area contributed by atoms with Gasteiger partial charge in [-0.05, 0) is 49.5 Å². The van der Waals surface area contributed by atoms with E-state index in [1.54, 1.807) is 11.3 Å². The van der Waals surface area contributed by atoms with Crippen molar-refractivity contribution in [1.29, 1.82) is 0 Å². The lowest BCUT2D eigenvalue weighted by molar-refractivity contribution is -0.115. The predicted molar refractivity (Wildman–Crippen MR) is 94.6 cm³/mol. The number of guanidine groups is 1. The lowest BCUT2D eigenvalue weighted by atomic mass is 9.93. The highest BCUT2D eigenvalue weighted by atomic mass is 32.1. The number of carbonyl (C=O) groups is 1. The summed E-state index contributed by atoms with van der Waals surface area (Å²) in [5.41, 5.74) is 4.20. The molecule has 1 aliphatic carbocycles. The zero-order chi connectivity index (χ0) is 16.5. The molecular weight excluding hydrogens is 324 g/mol. The fourth-order valence-electron chi connectivity index (χ4n) is 3.12. The second-order valence-electron chi connectivity index (χ2n) is 6.17. The second-order valence-corrected chi connectivity index (χ2v) is 7.05. The molecule has 24 heavy (non-hydrogen) atoms. The average molecular weight is 342 g/mol. The Labute approximate surface area is 143 Å². The minimum Gasteiger partial charge on any atom is -0.393 e. The molecule has 6 nitrogen and oxygen atoms in total. The Morgan fingerprint density at radius 1 is 1.33 bits per heavy atom. The van der Waals surface area contributed by atoms with Crippen molar-refractivity contribution in [3.63, 3.8) is 0 Å². The van der Waals surface area contributed by atoms with Crippen LogP contribution in [0.5, 0.6) is 0 Å². The molecule has 2 heterocycles. The first-order chi connectivity index (χ1) is 11.7. The Hall–Kier alpha value is -2.25. The molecule has 1 aromatic heterocycles. The number of aliphatic hydroxyl groups excluding tert-OH is 1. The summed E-state index contributed by atoms with van der Waals surface area (Å²) in [5, 5.41) is 15.5. The number of rotatable bonds is 2. The summed E-state index contributed by atoms with van der Waals surface area (Å²) in [6, 6.07) is 5.96. The highest BCUT2D eigenvalue weighted by molar-refractivity contribution is 7.16. The molecule has 0 radical (unpaired) electrons. The van der Waals surface area contributed by atoms with Crippen molar-refractivity contribution in [1.82, 2.24) is 15.6 Å². The zero-order valence-electron chi connectivity index (χ0n) is 13.0. The first-order valence-electron chi connectivity index (χ1n) is 8.06. The SMILES string of the molecule is O=C1NC(=N[C@H]2CCC[C@H](O)C2)N/C1=C\c1ccc2ncsc2c1. The van der Waals surface area contributed by atoms with Crippen molar-refractivity contribution in [3.05, 3.63) is 35.0 Å². The van der Waals surface area contributed by atoms with E-state index in [1.807, 2.05) is 29.8 Å². The quantitative estimate of drug-likeness (QED) is 0.729. The molecule has 0 unspecified atom stereocenters. The van der Waals surface area contributed by atoms with E-state index in [0.29, 0.717) is 18.1 Å². The molecule has 1 saturated heterocycles. The predicted octanol–water partition coefficient (Wildman–Crippen LogP) is 2.02. The van der Waals surface area contributed by atoms with E-state index in [2.05, 4.69) is 20.6 Å². The molecule has 2 atom stereocenters. The summed E-state index contributed by atoms with van der Waals surface area (Å²) < 4.78 is 1.09. The summed E-state index contributed by atoms with van der Waals surface area (Å²) in [6.45, 7) is 0. The van der Waals surface area contributed by atoms with Gasteiger partial charge in [-0.25, -0.2) is 9.98 Å². The van der Waals surface area contributed by atoms with E-state index in [0.717, 1.165) is 35.0 Å². The Morgan fingerprint density at radius 2 is 2.25 bits per heavy atom. The van der Waals surface area contributed by atoms with E-state index < -0.39 is 0 Å². The van der Waals surface area contributed by atoms with Gasteiger partial charge < -0.3 is 10.4 Å². The largest absolute Gasteiger partial charge is 0.393 e. The van der Waals surface area contributed by atoms with Gasteiger partial charge in [0, 0.05) is 0 Å². The molecule has 2 aromatic rings. The van der Waals surface area contributed by atoms with Gasteiger partial charge in [0.1, 0.15) is 5.70 Å². The molecule has 124 valence electrons. The summed E-state index contributed by atoms with van der Waals surface area (Å²) in [6.07, 6.45) is 4.93. The van der Waals surface area contributed by atoms with Crippen LogP contribution in [0.2, 0.25) is 0 Å². The third kappa shape index (κ3) is 3.18.